The monoisotopic (exact) mass is 357 g/mol. The first-order valence-corrected chi connectivity index (χ1v) is 10.3. The van der Waals surface area contributed by atoms with Crippen LogP contribution in [0.1, 0.15) is 49.7 Å². The molecule has 2 aromatic rings. The average Bonchev–Trinajstić information content (AvgIpc) is 3.00. The summed E-state index contributed by atoms with van der Waals surface area (Å²) in [5.74, 6) is 0.781. The van der Waals surface area contributed by atoms with Crippen LogP contribution in [0.3, 0.4) is 0 Å². The van der Waals surface area contributed by atoms with E-state index in [1.807, 2.05) is 0 Å². The predicted molar refractivity (Wildman–Crippen MR) is 104 cm³/mol. The number of rotatable bonds is 4. The summed E-state index contributed by atoms with van der Waals surface area (Å²) in [5.41, 5.74) is 3.75. The van der Waals surface area contributed by atoms with Crippen LogP contribution in [0.15, 0.2) is 12.1 Å². The van der Waals surface area contributed by atoms with Gasteiger partial charge >= 0.3 is 0 Å². The lowest BCUT2D eigenvalue weighted by molar-refractivity contribution is -0.123. The number of hydrogen-bond acceptors (Lipinski definition) is 4. The van der Waals surface area contributed by atoms with Crippen molar-refractivity contribution in [3.63, 3.8) is 0 Å². The van der Waals surface area contributed by atoms with Crippen LogP contribution in [-0.4, -0.2) is 30.0 Å². The molecule has 1 N–H and O–H groups in total. The first kappa shape index (κ1) is 16.8. The Bertz CT molecular complexity index is 773. The van der Waals surface area contributed by atoms with Gasteiger partial charge in [-0.05, 0) is 69.1 Å². The van der Waals surface area contributed by atoms with Crippen molar-refractivity contribution in [1.82, 2.24) is 10.3 Å². The van der Waals surface area contributed by atoms with Crippen molar-refractivity contribution >= 4 is 32.6 Å². The Labute approximate surface area is 153 Å². The molecule has 1 saturated carbocycles. The van der Waals surface area contributed by atoms with Gasteiger partial charge in [-0.1, -0.05) is 17.4 Å². The van der Waals surface area contributed by atoms with E-state index in [2.05, 4.69) is 36.2 Å². The molecule has 1 aromatic carbocycles. The van der Waals surface area contributed by atoms with Gasteiger partial charge in [0.25, 0.3) is 0 Å². The number of piperidine rings is 1. The normalized spacial score (nSPS) is 19.2. The number of carbonyl (C=O) groups excluding carboxylic acids is 1. The van der Waals surface area contributed by atoms with Gasteiger partial charge in [-0.25, -0.2) is 4.98 Å². The first-order valence-electron chi connectivity index (χ1n) is 9.51. The molecule has 0 atom stereocenters. The molecule has 0 spiro atoms. The molecular formula is C20H27N3OS. The first-order chi connectivity index (χ1) is 12.1. The van der Waals surface area contributed by atoms with Crippen LogP contribution in [0.4, 0.5) is 5.13 Å². The second kappa shape index (κ2) is 6.94. The number of anilines is 1. The SMILES string of the molecule is Cc1ccc2sc(N3CCC(CC(=O)NC4CCC4)CC3)nc2c1C. The van der Waals surface area contributed by atoms with Gasteiger partial charge in [0, 0.05) is 25.6 Å². The predicted octanol–water partition coefficient (Wildman–Crippen LogP) is 4.19. The Morgan fingerprint density at radius 1 is 1.24 bits per heavy atom. The molecule has 0 unspecified atom stereocenters. The summed E-state index contributed by atoms with van der Waals surface area (Å²) in [6, 6.07) is 4.84. The number of amides is 1. The highest BCUT2D eigenvalue weighted by molar-refractivity contribution is 7.22. The van der Waals surface area contributed by atoms with Crippen molar-refractivity contribution in [2.75, 3.05) is 18.0 Å². The molecule has 0 radical (unpaired) electrons. The van der Waals surface area contributed by atoms with E-state index in [9.17, 15) is 4.79 Å². The number of fused-ring (bicyclic) bond motifs is 1. The van der Waals surface area contributed by atoms with E-state index >= 15 is 0 Å². The lowest BCUT2D eigenvalue weighted by atomic mass is 9.91. The van der Waals surface area contributed by atoms with Crippen LogP contribution >= 0.6 is 11.3 Å². The molecule has 1 aromatic heterocycles. The molecule has 2 aliphatic rings. The molecule has 2 heterocycles. The van der Waals surface area contributed by atoms with Crippen LogP contribution in [0.5, 0.6) is 0 Å². The van der Waals surface area contributed by atoms with Crippen LogP contribution in [0.25, 0.3) is 10.2 Å². The molecule has 25 heavy (non-hydrogen) atoms. The van der Waals surface area contributed by atoms with Gasteiger partial charge in [0.05, 0.1) is 10.2 Å². The molecular weight excluding hydrogens is 330 g/mol. The molecule has 1 aliphatic carbocycles. The summed E-state index contributed by atoms with van der Waals surface area (Å²) < 4.78 is 1.28. The molecule has 4 rings (SSSR count). The lowest BCUT2D eigenvalue weighted by Crippen LogP contribution is -2.41. The highest BCUT2D eigenvalue weighted by atomic mass is 32.1. The third-order valence-corrected chi connectivity index (χ3v) is 6.98. The molecule has 1 amide bonds. The number of aryl methyl sites for hydroxylation is 2. The van der Waals surface area contributed by atoms with E-state index in [4.69, 9.17) is 4.98 Å². The fraction of sp³-hybridized carbons (Fsp3) is 0.600. The molecule has 0 bridgehead atoms. The van der Waals surface area contributed by atoms with E-state index in [0.29, 0.717) is 18.4 Å². The highest BCUT2D eigenvalue weighted by Gasteiger charge is 2.25. The zero-order valence-corrected chi connectivity index (χ0v) is 16.0. The van der Waals surface area contributed by atoms with E-state index in [1.54, 1.807) is 11.3 Å². The number of benzene rings is 1. The van der Waals surface area contributed by atoms with Gasteiger partial charge in [-0.15, -0.1) is 0 Å². The van der Waals surface area contributed by atoms with E-state index in [0.717, 1.165) is 36.6 Å². The Morgan fingerprint density at radius 3 is 2.68 bits per heavy atom. The minimum Gasteiger partial charge on any atom is -0.353 e. The van der Waals surface area contributed by atoms with Gasteiger partial charge in [0.2, 0.25) is 5.91 Å². The minimum atomic E-state index is 0.259. The van der Waals surface area contributed by atoms with Crippen molar-refractivity contribution in [3.8, 4) is 0 Å². The zero-order valence-electron chi connectivity index (χ0n) is 15.2. The summed E-state index contributed by atoms with van der Waals surface area (Å²) in [7, 11) is 0. The van der Waals surface area contributed by atoms with Gasteiger partial charge < -0.3 is 10.2 Å². The van der Waals surface area contributed by atoms with Crippen molar-refractivity contribution in [2.24, 2.45) is 5.92 Å². The van der Waals surface area contributed by atoms with Gasteiger partial charge in [-0.3, -0.25) is 4.79 Å². The topological polar surface area (TPSA) is 45.2 Å². The quantitative estimate of drug-likeness (QED) is 0.892. The molecule has 134 valence electrons. The Balaban J connectivity index is 1.35. The lowest BCUT2D eigenvalue weighted by Gasteiger charge is -2.32. The molecule has 4 nitrogen and oxygen atoms in total. The van der Waals surface area contributed by atoms with Crippen molar-refractivity contribution in [2.45, 2.75) is 58.4 Å². The fourth-order valence-electron chi connectivity index (χ4n) is 3.78. The summed E-state index contributed by atoms with van der Waals surface area (Å²) >= 11 is 1.80. The van der Waals surface area contributed by atoms with Crippen LogP contribution < -0.4 is 10.2 Å². The maximum atomic E-state index is 12.1. The standard InChI is InChI=1S/C20H27N3OS/c1-13-6-7-17-19(14(13)2)22-20(25-17)23-10-8-15(9-11-23)12-18(24)21-16-4-3-5-16/h6-7,15-16H,3-5,8-12H2,1-2H3,(H,21,24). The van der Waals surface area contributed by atoms with Crippen LogP contribution in [-0.2, 0) is 4.79 Å². The second-order valence-corrected chi connectivity index (χ2v) is 8.69. The highest BCUT2D eigenvalue weighted by Crippen LogP contribution is 2.34. The third kappa shape index (κ3) is 3.52. The molecule has 2 fully saturated rings. The Morgan fingerprint density at radius 2 is 2.00 bits per heavy atom. The van der Waals surface area contributed by atoms with Gasteiger partial charge in [0.15, 0.2) is 5.13 Å². The molecule has 5 heteroatoms. The van der Waals surface area contributed by atoms with Crippen molar-refractivity contribution < 1.29 is 4.79 Å². The smallest absolute Gasteiger partial charge is 0.220 e. The number of nitrogens with one attached hydrogen (secondary N) is 1. The number of aromatic nitrogens is 1. The van der Waals surface area contributed by atoms with E-state index in [-0.39, 0.29) is 5.91 Å². The third-order valence-electron chi connectivity index (χ3n) is 5.90. The molecule has 1 aliphatic heterocycles. The second-order valence-electron chi connectivity index (χ2n) is 7.68. The number of thiazole rings is 1. The van der Waals surface area contributed by atoms with Crippen LogP contribution in [0, 0.1) is 19.8 Å². The largest absolute Gasteiger partial charge is 0.353 e. The number of carbonyl (C=O) groups is 1. The van der Waals surface area contributed by atoms with Crippen molar-refractivity contribution in [3.05, 3.63) is 23.3 Å². The Kier molecular flexibility index (Phi) is 4.67. The van der Waals surface area contributed by atoms with Crippen LogP contribution in [0.2, 0.25) is 0 Å². The fourth-order valence-corrected chi connectivity index (χ4v) is 4.86. The molecule has 1 saturated heterocycles. The summed E-state index contributed by atoms with van der Waals surface area (Å²) in [6.07, 6.45) is 6.48. The summed E-state index contributed by atoms with van der Waals surface area (Å²) in [5, 5.41) is 4.31. The average molecular weight is 358 g/mol. The minimum absolute atomic E-state index is 0.259. The zero-order chi connectivity index (χ0) is 17.4. The Hall–Kier alpha value is -1.62. The maximum absolute atomic E-state index is 12.1. The van der Waals surface area contributed by atoms with Gasteiger partial charge in [-0.2, -0.15) is 0 Å². The summed E-state index contributed by atoms with van der Waals surface area (Å²) in [4.78, 5) is 19.4. The van der Waals surface area contributed by atoms with Crippen molar-refractivity contribution in [1.29, 1.82) is 0 Å². The van der Waals surface area contributed by atoms with E-state index in [1.165, 1.54) is 35.1 Å². The van der Waals surface area contributed by atoms with Gasteiger partial charge in [0.1, 0.15) is 0 Å². The summed E-state index contributed by atoms with van der Waals surface area (Å²) in [6.45, 7) is 6.33. The maximum Gasteiger partial charge on any atom is 0.220 e. The number of hydrogen-bond donors (Lipinski definition) is 1. The van der Waals surface area contributed by atoms with E-state index < -0.39 is 0 Å². The number of nitrogens with zero attached hydrogens (tertiary/aromatic N) is 2.